The second-order valence-corrected chi connectivity index (χ2v) is 4.52. The Morgan fingerprint density at radius 3 is 2.53 bits per heavy atom. The third kappa shape index (κ3) is 2.35. The molecular formula is C12H10O4S. The number of benzene rings is 2. The number of aromatic carboxylic acids is 1. The van der Waals surface area contributed by atoms with Gasteiger partial charge in [0.15, 0.2) is 11.1 Å². The van der Waals surface area contributed by atoms with Crippen molar-refractivity contribution in [3.8, 4) is 0 Å². The van der Waals surface area contributed by atoms with Crippen molar-refractivity contribution < 1.29 is 18.7 Å². The number of carboxylic acids is 1. The fourth-order valence-electron chi connectivity index (χ4n) is 1.82. The van der Waals surface area contributed by atoms with E-state index in [-0.39, 0.29) is 11.3 Å². The molecule has 2 N–H and O–H groups in total. The molecule has 0 fully saturated rings. The van der Waals surface area contributed by atoms with Crippen molar-refractivity contribution in [2.45, 2.75) is 5.75 Å². The molecule has 0 radical (unpaired) electrons. The lowest BCUT2D eigenvalue weighted by atomic mass is 10.0. The van der Waals surface area contributed by atoms with Gasteiger partial charge in [-0.2, -0.15) is 0 Å². The lowest BCUT2D eigenvalue weighted by Gasteiger charge is -2.08. The summed E-state index contributed by atoms with van der Waals surface area (Å²) in [6.45, 7) is 0. The van der Waals surface area contributed by atoms with Crippen LogP contribution in [0.3, 0.4) is 0 Å². The van der Waals surface area contributed by atoms with Crippen molar-refractivity contribution in [1.82, 2.24) is 0 Å². The van der Waals surface area contributed by atoms with Crippen molar-refractivity contribution >= 4 is 27.8 Å². The Balaban J connectivity index is 2.74. The van der Waals surface area contributed by atoms with Gasteiger partial charge in [0.1, 0.15) is 0 Å². The molecule has 0 aromatic heterocycles. The maximum Gasteiger partial charge on any atom is 0.336 e. The Bertz CT molecular complexity index is 606. The summed E-state index contributed by atoms with van der Waals surface area (Å²) in [4.78, 5) is 11.1. The third-order valence-electron chi connectivity index (χ3n) is 2.54. The van der Waals surface area contributed by atoms with Crippen LogP contribution in [0.1, 0.15) is 15.9 Å². The molecule has 2 aromatic carbocycles. The van der Waals surface area contributed by atoms with Crippen molar-refractivity contribution in [2.75, 3.05) is 0 Å². The molecule has 0 saturated carbocycles. The summed E-state index contributed by atoms with van der Waals surface area (Å²) in [5.41, 5.74) is 0.475. The van der Waals surface area contributed by atoms with E-state index in [9.17, 15) is 9.00 Å². The Kier molecular flexibility index (Phi) is 3.21. The molecule has 1 atom stereocenters. The average Bonchev–Trinajstić information content (AvgIpc) is 2.28. The first kappa shape index (κ1) is 11.8. The molecule has 0 spiro atoms. The number of carbonyl (C=O) groups is 1. The maximum atomic E-state index is 11.1. The van der Waals surface area contributed by atoms with Crippen molar-refractivity contribution in [3.05, 3.63) is 47.5 Å². The molecule has 0 saturated heterocycles. The fraction of sp³-hybridized carbons (Fsp3) is 0.0833. The highest BCUT2D eigenvalue weighted by molar-refractivity contribution is 7.78. The molecule has 0 aliphatic rings. The number of hydrogen-bond donors (Lipinski definition) is 2. The first-order valence-corrected chi connectivity index (χ1v) is 6.18. The highest BCUT2D eigenvalue weighted by atomic mass is 32.2. The maximum absolute atomic E-state index is 11.1. The first-order chi connectivity index (χ1) is 8.09. The van der Waals surface area contributed by atoms with Crippen LogP contribution in [0.4, 0.5) is 0 Å². The first-order valence-electron chi connectivity index (χ1n) is 4.91. The topological polar surface area (TPSA) is 74.6 Å². The second kappa shape index (κ2) is 4.65. The molecular weight excluding hydrogens is 240 g/mol. The number of carboxylic acid groups (broad SMARTS) is 1. The molecule has 17 heavy (non-hydrogen) atoms. The molecule has 0 amide bonds. The van der Waals surface area contributed by atoms with Crippen molar-refractivity contribution in [3.63, 3.8) is 0 Å². The van der Waals surface area contributed by atoms with Gasteiger partial charge in [-0.15, -0.1) is 0 Å². The molecule has 1 unspecified atom stereocenters. The Hall–Kier alpha value is -1.72. The predicted molar refractivity (Wildman–Crippen MR) is 65.4 cm³/mol. The van der Waals surface area contributed by atoms with Gasteiger partial charge < -0.3 is 9.66 Å². The quantitative estimate of drug-likeness (QED) is 0.819. The largest absolute Gasteiger partial charge is 0.478 e. The highest BCUT2D eigenvalue weighted by Gasteiger charge is 2.14. The standard InChI is InChI=1S/C12H10O4S/c13-12(14)10-6-5-8-3-1-2-4-9(8)11(10)7-17(15)16/h1-6H,7H2,(H,13,14)(H,15,16). The van der Waals surface area contributed by atoms with E-state index < -0.39 is 17.0 Å². The summed E-state index contributed by atoms with van der Waals surface area (Å²) >= 11 is -2.06. The minimum atomic E-state index is -2.06. The molecule has 0 aliphatic carbocycles. The van der Waals surface area contributed by atoms with Crippen LogP contribution in [0.5, 0.6) is 0 Å². The van der Waals surface area contributed by atoms with Crippen LogP contribution in [0.15, 0.2) is 36.4 Å². The molecule has 0 heterocycles. The van der Waals surface area contributed by atoms with E-state index >= 15 is 0 Å². The summed E-state index contributed by atoms with van der Waals surface area (Å²) in [5, 5.41) is 10.6. The van der Waals surface area contributed by atoms with E-state index in [1.165, 1.54) is 6.07 Å². The molecule has 2 rings (SSSR count). The summed E-state index contributed by atoms with van der Waals surface area (Å²) in [5.74, 6) is -1.26. The van der Waals surface area contributed by atoms with Crippen LogP contribution in [0.25, 0.3) is 10.8 Å². The molecule has 88 valence electrons. The van der Waals surface area contributed by atoms with E-state index in [2.05, 4.69) is 0 Å². The van der Waals surface area contributed by atoms with Gasteiger partial charge in [-0.1, -0.05) is 30.3 Å². The van der Waals surface area contributed by atoms with E-state index in [4.69, 9.17) is 9.66 Å². The van der Waals surface area contributed by atoms with Gasteiger partial charge in [0, 0.05) is 0 Å². The monoisotopic (exact) mass is 250 g/mol. The van der Waals surface area contributed by atoms with Crippen LogP contribution in [-0.4, -0.2) is 19.8 Å². The van der Waals surface area contributed by atoms with E-state index in [0.717, 1.165) is 5.39 Å². The minimum Gasteiger partial charge on any atom is -0.478 e. The summed E-state index contributed by atoms with van der Waals surface area (Å²) in [7, 11) is 0. The van der Waals surface area contributed by atoms with Crippen molar-refractivity contribution in [2.24, 2.45) is 0 Å². The summed E-state index contributed by atoms with van der Waals surface area (Å²) in [6, 6.07) is 10.4. The Morgan fingerprint density at radius 2 is 1.88 bits per heavy atom. The van der Waals surface area contributed by atoms with Gasteiger partial charge in [-0.3, -0.25) is 0 Å². The van der Waals surface area contributed by atoms with E-state index in [1.54, 1.807) is 18.2 Å². The number of fused-ring (bicyclic) bond motifs is 1. The van der Waals surface area contributed by atoms with Crippen LogP contribution in [0.2, 0.25) is 0 Å². The lowest BCUT2D eigenvalue weighted by molar-refractivity contribution is 0.0696. The van der Waals surface area contributed by atoms with Gasteiger partial charge in [0.2, 0.25) is 0 Å². The highest BCUT2D eigenvalue weighted by Crippen LogP contribution is 2.23. The molecule has 4 nitrogen and oxygen atoms in total. The second-order valence-electron chi connectivity index (χ2n) is 3.58. The minimum absolute atomic E-state index is 0.0751. The summed E-state index contributed by atoms with van der Waals surface area (Å²) < 4.78 is 19.9. The molecule has 0 bridgehead atoms. The van der Waals surface area contributed by atoms with E-state index in [1.807, 2.05) is 12.1 Å². The van der Waals surface area contributed by atoms with Gasteiger partial charge >= 0.3 is 5.97 Å². The molecule has 5 heteroatoms. The van der Waals surface area contributed by atoms with E-state index in [0.29, 0.717) is 10.9 Å². The van der Waals surface area contributed by atoms with Gasteiger partial charge in [0.25, 0.3) is 0 Å². The van der Waals surface area contributed by atoms with Crippen LogP contribution >= 0.6 is 0 Å². The average molecular weight is 250 g/mol. The van der Waals surface area contributed by atoms with Gasteiger partial charge in [-0.05, 0) is 22.4 Å². The third-order valence-corrected chi connectivity index (χ3v) is 3.07. The normalized spacial score (nSPS) is 12.5. The molecule has 0 aliphatic heterocycles. The zero-order valence-corrected chi connectivity index (χ0v) is 9.61. The predicted octanol–water partition coefficient (Wildman–Crippen LogP) is 2.26. The lowest BCUT2D eigenvalue weighted by Crippen LogP contribution is -2.05. The molecule has 2 aromatic rings. The Morgan fingerprint density at radius 1 is 1.18 bits per heavy atom. The Labute approximate surface area is 100 Å². The van der Waals surface area contributed by atoms with Crippen LogP contribution < -0.4 is 0 Å². The van der Waals surface area contributed by atoms with Gasteiger partial charge in [-0.25, -0.2) is 9.00 Å². The van der Waals surface area contributed by atoms with Gasteiger partial charge in [0.05, 0.1) is 11.3 Å². The zero-order chi connectivity index (χ0) is 12.4. The van der Waals surface area contributed by atoms with Crippen LogP contribution in [0, 0.1) is 0 Å². The number of hydrogen-bond acceptors (Lipinski definition) is 2. The zero-order valence-electron chi connectivity index (χ0n) is 8.79. The smallest absolute Gasteiger partial charge is 0.336 e. The summed E-state index contributed by atoms with van der Waals surface area (Å²) in [6.07, 6.45) is 0. The number of rotatable bonds is 3. The van der Waals surface area contributed by atoms with Crippen molar-refractivity contribution in [1.29, 1.82) is 0 Å². The fourth-order valence-corrected chi connectivity index (χ4v) is 2.37. The SMILES string of the molecule is O=C(O)c1ccc2ccccc2c1CS(=O)O. The van der Waals surface area contributed by atoms with Crippen LogP contribution in [-0.2, 0) is 16.8 Å².